The number of imidazole rings is 2. The Balaban J connectivity index is 1.11. The Kier molecular flexibility index (Phi) is 14.5. The third kappa shape index (κ3) is 7.67. The first-order valence-electron chi connectivity index (χ1n) is 29.0. The van der Waals surface area contributed by atoms with Crippen LogP contribution in [0.1, 0.15) is 116 Å². The summed E-state index contributed by atoms with van der Waals surface area (Å²) in [7, 11) is 1.78. The molecule has 434 valence electrons. The molecule has 21 heteroatoms. The van der Waals surface area contributed by atoms with E-state index >= 15 is 0 Å². The lowest BCUT2D eigenvalue weighted by atomic mass is 9.22. The van der Waals surface area contributed by atoms with Gasteiger partial charge in [0.05, 0.1) is 61.7 Å². The zero-order valence-electron chi connectivity index (χ0n) is 46.0. The fourth-order valence-corrected chi connectivity index (χ4v) is 20.6. The van der Waals surface area contributed by atoms with E-state index in [2.05, 4.69) is 57.7 Å². The van der Waals surface area contributed by atoms with Crippen molar-refractivity contribution in [3.8, 4) is 0 Å². The number of nitrogens with two attached hydrogens (primary N) is 1. The van der Waals surface area contributed by atoms with Crippen molar-refractivity contribution in [1.82, 2.24) is 30.6 Å². The maximum Gasteiger partial charge on any atom is 0.310 e. The number of aromatic nitrogens is 4. The molecule has 2 saturated heterocycles. The molecule has 16 N–H and O–H groups in total. The number of aromatic amines is 2. The van der Waals surface area contributed by atoms with Crippen LogP contribution in [-0.4, -0.2) is 173 Å². The van der Waals surface area contributed by atoms with Crippen LogP contribution in [0.3, 0.4) is 0 Å². The molecule has 3 aliphatic heterocycles. The van der Waals surface area contributed by atoms with Gasteiger partial charge in [0.15, 0.2) is 6.29 Å². The number of hydrogen-bond donors (Lipinski definition) is 15. The monoisotopic (exact) mass is 1090 g/mol. The Hall–Kier alpha value is -3.58. The first-order chi connectivity index (χ1) is 37.1. The molecule has 24 unspecified atom stereocenters. The molecule has 5 saturated carbocycles. The highest BCUT2D eigenvalue weighted by molar-refractivity contribution is 5.82. The van der Waals surface area contributed by atoms with Crippen molar-refractivity contribution in [2.24, 2.45) is 91.0 Å². The lowest BCUT2D eigenvalue weighted by Gasteiger charge is -2.82. The third-order valence-electron chi connectivity index (χ3n) is 24.3. The van der Waals surface area contributed by atoms with Crippen molar-refractivity contribution in [2.45, 2.75) is 160 Å². The van der Waals surface area contributed by atoms with Gasteiger partial charge < -0.3 is 87.1 Å². The molecule has 1 amide bonds. The number of nitrogens with zero attached hydrogens (tertiary/aromatic N) is 2. The van der Waals surface area contributed by atoms with E-state index in [1.165, 1.54) is 5.57 Å². The summed E-state index contributed by atoms with van der Waals surface area (Å²) in [6, 6.07) is -0.659. The highest BCUT2D eigenvalue weighted by atomic mass is 16.7. The smallest absolute Gasteiger partial charge is 0.310 e. The number of carboxylic acids is 1. The first-order valence-corrected chi connectivity index (χ1v) is 29.0. The van der Waals surface area contributed by atoms with E-state index in [4.69, 9.17) is 20.2 Å². The summed E-state index contributed by atoms with van der Waals surface area (Å²) in [5.41, 5.74) is 3.51. The number of hydrogen-bond acceptors (Lipinski definition) is 17. The molecule has 0 radical (unpaired) electrons. The number of fused-ring (bicyclic) bond motifs is 6. The number of carbonyl (C=O) groups is 2. The van der Waals surface area contributed by atoms with Gasteiger partial charge in [-0.15, -0.1) is 0 Å². The van der Waals surface area contributed by atoms with Gasteiger partial charge in [0, 0.05) is 60.3 Å². The maximum atomic E-state index is 14.5. The summed E-state index contributed by atoms with van der Waals surface area (Å²) in [6.07, 6.45) is 4.01. The SMILES string of the molecule is CNCC(CC(c1cnc[nH]1)C1NC(=O)C(CO)C1CC1C(O)C(OC2OCC(O)C(O)C2O)C(C)(CO)C2CCC3(C)C45CCCC3(CC=C4C3CC(C)(CO)CCC3(C(=O)O)C3CNc4nc[nH]c4CC35)C12C)C(N)O. The number of carboxylic acid groups (broad SMARTS) is 1. The Morgan fingerprint density at radius 1 is 0.987 bits per heavy atom. The van der Waals surface area contributed by atoms with E-state index in [-0.39, 0.29) is 43.3 Å². The second-order valence-corrected chi connectivity index (χ2v) is 27.0. The summed E-state index contributed by atoms with van der Waals surface area (Å²) >= 11 is 0. The van der Waals surface area contributed by atoms with Crippen LogP contribution in [0.4, 0.5) is 5.82 Å². The van der Waals surface area contributed by atoms with E-state index in [0.29, 0.717) is 70.2 Å². The van der Waals surface area contributed by atoms with Crippen LogP contribution in [-0.2, 0) is 25.5 Å². The Morgan fingerprint density at radius 3 is 2.45 bits per heavy atom. The quantitative estimate of drug-likeness (QED) is 0.0680. The third-order valence-corrected chi connectivity index (χ3v) is 24.3. The van der Waals surface area contributed by atoms with Crippen molar-refractivity contribution in [3.05, 3.63) is 41.9 Å². The van der Waals surface area contributed by atoms with Gasteiger partial charge in [0.2, 0.25) is 5.91 Å². The minimum Gasteiger partial charge on any atom is -0.481 e. The lowest BCUT2D eigenvalue weighted by molar-refractivity contribution is -0.362. The molecule has 78 heavy (non-hydrogen) atoms. The molecule has 5 heterocycles. The second kappa shape index (κ2) is 20.1. The van der Waals surface area contributed by atoms with Gasteiger partial charge in [-0.2, -0.15) is 0 Å². The normalized spacial score (nSPS) is 47.7. The molecule has 2 aromatic rings. The topological polar surface area (TPSA) is 354 Å². The minimum atomic E-state index is -1.70. The number of anilines is 1. The van der Waals surface area contributed by atoms with Crippen molar-refractivity contribution in [3.63, 3.8) is 0 Å². The number of aliphatic hydroxyl groups excluding tert-OH is 8. The number of H-pyrrole nitrogens is 2. The molecule has 2 bridgehead atoms. The van der Waals surface area contributed by atoms with Crippen LogP contribution in [0.5, 0.6) is 0 Å². The van der Waals surface area contributed by atoms with E-state index < -0.39 is 142 Å². The Labute approximate surface area is 456 Å². The van der Waals surface area contributed by atoms with Gasteiger partial charge in [-0.1, -0.05) is 45.8 Å². The number of ether oxygens (including phenoxy) is 2. The number of allylic oxidation sites excluding steroid dienone is 2. The predicted molar refractivity (Wildman–Crippen MR) is 282 cm³/mol. The Bertz CT molecular complexity index is 2570. The maximum absolute atomic E-state index is 14.5. The van der Waals surface area contributed by atoms with Crippen molar-refractivity contribution in [2.75, 3.05) is 51.9 Å². The number of rotatable bonds is 15. The molecule has 11 rings (SSSR count). The van der Waals surface area contributed by atoms with Gasteiger partial charge in [-0.05, 0) is 135 Å². The van der Waals surface area contributed by atoms with Gasteiger partial charge in [0.25, 0.3) is 0 Å². The van der Waals surface area contributed by atoms with Crippen LogP contribution in [0.2, 0.25) is 0 Å². The molecule has 2 aromatic heterocycles. The average molecular weight is 1090 g/mol. The van der Waals surface area contributed by atoms with Gasteiger partial charge in [0.1, 0.15) is 30.4 Å². The molecule has 7 fully saturated rings. The largest absolute Gasteiger partial charge is 0.481 e. The minimum absolute atomic E-state index is 0.0647. The van der Waals surface area contributed by atoms with Crippen LogP contribution in [0, 0.1) is 85.2 Å². The number of nitrogens with one attached hydrogen (secondary N) is 5. The summed E-state index contributed by atoms with van der Waals surface area (Å²) in [6.45, 7) is 8.19. The second-order valence-electron chi connectivity index (χ2n) is 27.0. The van der Waals surface area contributed by atoms with E-state index in [9.17, 15) is 55.5 Å². The first kappa shape index (κ1) is 56.3. The van der Waals surface area contributed by atoms with Gasteiger partial charge in [-0.25, -0.2) is 9.97 Å². The van der Waals surface area contributed by atoms with Crippen molar-refractivity contribution < 1.29 is 65.0 Å². The fourth-order valence-electron chi connectivity index (χ4n) is 20.6. The molecule has 0 aromatic carbocycles. The summed E-state index contributed by atoms with van der Waals surface area (Å²) in [4.78, 5) is 44.9. The summed E-state index contributed by atoms with van der Waals surface area (Å²) in [5.74, 6) is -4.97. The standard InChI is InChI=1S/C57H88N8O13/c1-51(24-67)13-14-56(50(75)76)35(18-51)32-7-12-55-9-6-10-57(32,33-17-37-47(64-27-63-37)61-20-36(33)56)53(55,3)11-8-40-52(2,25-68)45(78-49-44(72)43(71)39(69)23-77-49)42(70)34(54(40,55)4)16-29-31(22-66)48(74)65-41(29)30(38-21-60-26-62-38)15-28(19-59-5)46(58)73/h7,21,26-31,33-36,39-46,49,59,61,66-73H,6,8-20,22-25,58H2,1-5H3,(H,60,62)(H,63,64)(H,65,74)(H,75,76). The van der Waals surface area contributed by atoms with Gasteiger partial charge in [-0.3, -0.25) is 9.59 Å². The van der Waals surface area contributed by atoms with Crippen LogP contribution >= 0.6 is 0 Å². The molecule has 24 atom stereocenters. The molecule has 1 spiro atoms. The predicted octanol–water partition coefficient (Wildman–Crippen LogP) is 1.34. The average Bonchev–Trinajstić information content (AvgIpc) is 3.83. The Morgan fingerprint density at radius 2 is 1.77 bits per heavy atom. The molecule has 6 aliphatic carbocycles. The van der Waals surface area contributed by atoms with E-state index in [1.54, 1.807) is 25.9 Å². The van der Waals surface area contributed by atoms with Crippen LogP contribution < -0.4 is 21.7 Å². The zero-order valence-corrected chi connectivity index (χ0v) is 46.0. The van der Waals surface area contributed by atoms with Crippen LogP contribution in [0.15, 0.2) is 30.5 Å². The van der Waals surface area contributed by atoms with Gasteiger partial charge >= 0.3 is 5.97 Å². The van der Waals surface area contributed by atoms with E-state index in [1.807, 2.05) is 6.92 Å². The van der Waals surface area contributed by atoms with E-state index in [0.717, 1.165) is 30.8 Å². The number of aliphatic hydroxyl groups is 8. The molecule has 9 aliphatic rings. The highest BCUT2D eigenvalue weighted by Gasteiger charge is 2.82. The molecular weight excluding hydrogens is 1000 g/mol. The fraction of sp³-hybridized carbons (Fsp3) is 0.825. The summed E-state index contributed by atoms with van der Waals surface area (Å²) < 4.78 is 12.7. The van der Waals surface area contributed by atoms with Crippen molar-refractivity contribution >= 4 is 17.7 Å². The molecule has 21 nitrogen and oxygen atoms in total. The highest BCUT2D eigenvalue weighted by Crippen LogP contribution is 2.86. The number of carbonyl (C=O) groups excluding carboxylic acids is 1. The van der Waals surface area contributed by atoms with Crippen LogP contribution in [0.25, 0.3) is 0 Å². The molecular formula is C57H88N8O13. The summed E-state index contributed by atoms with van der Waals surface area (Å²) in [5, 5.41) is 114. The number of aliphatic carboxylic acids is 1. The number of amides is 1. The van der Waals surface area contributed by atoms with Crippen molar-refractivity contribution in [1.29, 1.82) is 0 Å². The lowest BCUT2D eigenvalue weighted by Crippen LogP contribution is -2.79. The zero-order chi connectivity index (χ0) is 55.7.